The lowest BCUT2D eigenvalue weighted by Gasteiger charge is -2.14. The van der Waals surface area contributed by atoms with Crippen molar-refractivity contribution in [2.45, 2.75) is 18.3 Å². The zero-order chi connectivity index (χ0) is 15.7. The molecule has 0 radical (unpaired) electrons. The van der Waals surface area contributed by atoms with Crippen LogP contribution in [-0.2, 0) is 15.9 Å². The monoisotopic (exact) mass is 335 g/mol. The second-order valence-electron chi connectivity index (χ2n) is 4.38. The fourth-order valence-corrected chi connectivity index (χ4v) is 3.70. The summed E-state index contributed by atoms with van der Waals surface area (Å²) < 4.78 is 54.1. The molecule has 0 aliphatic rings. The first-order chi connectivity index (χ1) is 9.70. The Hall–Kier alpha value is -1.48. The Bertz CT molecular complexity index is 717. The van der Waals surface area contributed by atoms with Crippen molar-refractivity contribution in [2.24, 2.45) is 4.36 Å². The molecule has 0 amide bonds. The number of nitrogens with zero attached hydrogens (tertiary/aromatic N) is 3. The smallest absolute Gasteiger partial charge is 0.251 e. The molecule has 0 bridgehead atoms. The Balaban J connectivity index is 2.32. The summed E-state index contributed by atoms with van der Waals surface area (Å²) >= 11 is 1.25. The van der Waals surface area contributed by atoms with E-state index in [1.54, 1.807) is 18.5 Å². The largest absolute Gasteiger partial charge is 0.433 e. The van der Waals surface area contributed by atoms with Crippen LogP contribution in [0.3, 0.4) is 0 Å². The molecule has 2 atom stereocenters. The van der Waals surface area contributed by atoms with E-state index in [0.717, 1.165) is 12.3 Å². The van der Waals surface area contributed by atoms with Crippen LogP contribution >= 0.6 is 11.3 Å². The van der Waals surface area contributed by atoms with Crippen LogP contribution in [0, 0.1) is 0 Å². The first kappa shape index (κ1) is 15.9. The van der Waals surface area contributed by atoms with Crippen LogP contribution in [0.5, 0.6) is 0 Å². The van der Waals surface area contributed by atoms with Crippen LogP contribution in [-0.4, -0.2) is 20.4 Å². The van der Waals surface area contributed by atoms with Crippen molar-refractivity contribution in [1.82, 2.24) is 9.97 Å². The molecule has 0 aliphatic heterocycles. The van der Waals surface area contributed by atoms with Crippen LogP contribution in [0.2, 0.25) is 0 Å². The fraction of sp³-hybridized carbons (Fsp3) is 0.333. The van der Waals surface area contributed by atoms with Gasteiger partial charge in [0.15, 0.2) is 0 Å². The molecular formula is C12H12F3N3OS2. The molecule has 0 aromatic carbocycles. The van der Waals surface area contributed by atoms with E-state index in [4.69, 9.17) is 0 Å². The van der Waals surface area contributed by atoms with Crippen molar-refractivity contribution in [3.63, 3.8) is 0 Å². The minimum absolute atomic E-state index is 0.384. The van der Waals surface area contributed by atoms with E-state index in [0.29, 0.717) is 10.7 Å². The van der Waals surface area contributed by atoms with E-state index >= 15 is 0 Å². The van der Waals surface area contributed by atoms with Crippen molar-refractivity contribution in [3.05, 3.63) is 41.2 Å². The normalized spacial score (nSPS) is 16.2. The summed E-state index contributed by atoms with van der Waals surface area (Å²) in [6.07, 6.45) is -0.394. The molecule has 2 rings (SSSR count). The van der Waals surface area contributed by atoms with Gasteiger partial charge in [-0.25, -0.2) is 9.19 Å². The van der Waals surface area contributed by atoms with E-state index in [1.165, 1.54) is 23.7 Å². The Morgan fingerprint density at radius 3 is 2.52 bits per heavy atom. The van der Waals surface area contributed by atoms with Gasteiger partial charge in [-0.15, -0.1) is 11.3 Å². The molecule has 4 nitrogen and oxygen atoms in total. The van der Waals surface area contributed by atoms with Gasteiger partial charge in [0.25, 0.3) is 0 Å². The molecular weight excluding hydrogens is 323 g/mol. The van der Waals surface area contributed by atoms with Gasteiger partial charge in [0.05, 0.1) is 15.0 Å². The molecule has 0 N–H and O–H groups in total. The van der Waals surface area contributed by atoms with Gasteiger partial charge in [0.2, 0.25) is 5.13 Å². The van der Waals surface area contributed by atoms with E-state index in [1.807, 2.05) is 0 Å². The van der Waals surface area contributed by atoms with Crippen LogP contribution in [0.15, 0.2) is 34.3 Å². The van der Waals surface area contributed by atoms with E-state index in [2.05, 4.69) is 14.3 Å². The standard InChI is InChI=1S/C12H12F3N3OS2/c1-8(21(2,19)18-11-16-5-6-20-11)9-3-4-10(17-7-9)12(13,14)15/h3-8H,1-2H3. The van der Waals surface area contributed by atoms with Crippen LogP contribution in [0.1, 0.15) is 23.4 Å². The third kappa shape index (κ3) is 3.79. The third-order valence-corrected chi connectivity index (χ3v) is 5.78. The highest BCUT2D eigenvalue weighted by molar-refractivity contribution is 7.93. The first-order valence-corrected chi connectivity index (χ1v) is 8.70. The second-order valence-corrected chi connectivity index (χ2v) is 7.87. The molecule has 2 heterocycles. The lowest BCUT2D eigenvalue weighted by atomic mass is 10.2. The van der Waals surface area contributed by atoms with Crippen molar-refractivity contribution < 1.29 is 17.4 Å². The molecule has 0 fully saturated rings. The number of alkyl halides is 3. The molecule has 0 saturated carbocycles. The number of halogens is 3. The fourth-order valence-electron chi connectivity index (χ4n) is 1.56. The Kier molecular flexibility index (Phi) is 4.33. The zero-order valence-corrected chi connectivity index (χ0v) is 12.8. The molecule has 0 spiro atoms. The maximum absolute atomic E-state index is 12.6. The molecule has 2 aromatic heterocycles. The summed E-state index contributed by atoms with van der Waals surface area (Å²) in [7, 11) is -2.68. The number of hydrogen-bond donors (Lipinski definition) is 0. The summed E-state index contributed by atoms with van der Waals surface area (Å²) in [5, 5.41) is 1.53. The molecule has 21 heavy (non-hydrogen) atoms. The SMILES string of the molecule is CC(c1ccc(C(F)(F)F)nc1)S(C)(=O)=Nc1nccs1. The molecule has 2 unspecified atom stereocenters. The third-order valence-electron chi connectivity index (χ3n) is 2.88. The number of aromatic nitrogens is 2. The maximum atomic E-state index is 12.6. The summed E-state index contributed by atoms with van der Waals surface area (Å²) in [6.45, 7) is 1.64. The molecule has 0 saturated heterocycles. The number of hydrogen-bond acceptors (Lipinski definition) is 5. The lowest BCUT2D eigenvalue weighted by Crippen LogP contribution is -2.11. The van der Waals surface area contributed by atoms with Crippen molar-refractivity contribution >= 4 is 26.2 Å². The van der Waals surface area contributed by atoms with Crippen molar-refractivity contribution in [2.75, 3.05) is 6.26 Å². The summed E-state index contributed by atoms with van der Waals surface area (Å²) in [6, 6.07) is 2.16. The Morgan fingerprint density at radius 1 is 1.33 bits per heavy atom. The number of pyridine rings is 1. The summed E-state index contributed by atoms with van der Waals surface area (Å²) in [4.78, 5) is 7.31. The van der Waals surface area contributed by atoms with Gasteiger partial charge in [0, 0.05) is 24.0 Å². The van der Waals surface area contributed by atoms with Gasteiger partial charge in [-0.1, -0.05) is 6.07 Å². The van der Waals surface area contributed by atoms with E-state index in [-0.39, 0.29) is 0 Å². The predicted octanol–water partition coefficient (Wildman–Crippen LogP) is 4.05. The minimum atomic E-state index is -4.49. The average Bonchev–Trinajstić information content (AvgIpc) is 2.89. The molecule has 0 aliphatic carbocycles. The quantitative estimate of drug-likeness (QED) is 0.850. The van der Waals surface area contributed by atoms with Crippen molar-refractivity contribution in [1.29, 1.82) is 0 Å². The Morgan fingerprint density at radius 2 is 2.05 bits per heavy atom. The van der Waals surface area contributed by atoms with Crippen LogP contribution in [0.4, 0.5) is 18.3 Å². The van der Waals surface area contributed by atoms with Gasteiger partial charge < -0.3 is 0 Å². The topological polar surface area (TPSA) is 55.2 Å². The van der Waals surface area contributed by atoms with Crippen molar-refractivity contribution in [3.8, 4) is 0 Å². The van der Waals surface area contributed by atoms with E-state index in [9.17, 15) is 17.4 Å². The van der Waals surface area contributed by atoms with Crippen LogP contribution < -0.4 is 0 Å². The highest BCUT2D eigenvalue weighted by Crippen LogP contribution is 2.30. The molecule has 9 heteroatoms. The number of thiazole rings is 1. The molecule has 2 aromatic rings. The predicted molar refractivity (Wildman–Crippen MR) is 75.9 cm³/mol. The Labute approximate surface area is 124 Å². The van der Waals surface area contributed by atoms with E-state index < -0.39 is 26.8 Å². The molecule has 114 valence electrons. The van der Waals surface area contributed by atoms with Crippen LogP contribution in [0.25, 0.3) is 0 Å². The first-order valence-electron chi connectivity index (χ1n) is 5.84. The number of rotatable bonds is 3. The van der Waals surface area contributed by atoms with Gasteiger partial charge in [0.1, 0.15) is 5.69 Å². The summed E-state index contributed by atoms with van der Waals surface area (Å²) in [5.41, 5.74) is -0.534. The van der Waals surface area contributed by atoms with Gasteiger partial charge in [-0.2, -0.15) is 17.5 Å². The maximum Gasteiger partial charge on any atom is 0.433 e. The zero-order valence-electron chi connectivity index (χ0n) is 11.2. The second kappa shape index (κ2) is 5.72. The van der Waals surface area contributed by atoms with Gasteiger partial charge >= 0.3 is 6.18 Å². The minimum Gasteiger partial charge on any atom is -0.251 e. The summed E-state index contributed by atoms with van der Waals surface area (Å²) in [5.74, 6) is 0. The highest BCUT2D eigenvalue weighted by atomic mass is 32.2. The lowest BCUT2D eigenvalue weighted by molar-refractivity contribution is -0.141. The average molecular weight is 335 g/mol. The van der Waals surface area contributed by atoms with Gasteiger partial charge in [-0.3, -0.25) is 4.98 Å². The van der Waals surface area contributed by atoms with Gasteiger partial charge in [-0.05, 0) is 18.6 Å². The highest BCUT2D eigenvalue weighted by Gasteiger charge is 2.32.